The highest BCUT2D eigenvalue weighted by Crippen LogP contribution is 2.33. The Morgan fingerprint density at radius 3 is 1.74 bits per heavy atom. The largest absolute Gasteiger partial charge is 0.361 e. The molecule has 3 heteroatoms. The number of benzene rings is 4. The Morgan fingerprint density at radius 1 is 0.641 bits per heavy atom. The molecule has 0 saturated heterocycles. The lowest BCUT2D eigenvalue weighted by Crippen LogP contribution is -2.16. The molecule has 4 aromatic carbocycles. The molecular weight excluding hydrogens is 476 g/mol. The Kier molecular flexibility index (Phi) is 7.46. The molecule has 3 nitrogen and oxygen atoms in total. The third-order valence-corrected chi connectivity index (χ3v) is 8.77. The summed E-state index contributed by atoms with van der Waals surface area (Å²) in [5.74, 6) is 0.944. The molecule has 200 valence electrons. The highest BCUT2D eigenvalue weighted by atomic mass is 16.5. The van der Waals surface area contributed by atoms with E-state index in [-0.39, 0.29) is 6.10 Å². The fraction of sp³-hybridized carbons (Fsp3) is 0.306. The van der Waals surface area contributed by atoms with Gasteiger partial charge in [-0.25, -0.2) is 4.98 Å². The molecule has 0 aliphatic heterocycles. The van der Waals surface area contributed by atoms with Crippen molar-refractivity contribution in [3.05, 3.63) is 134 Å². The minimum atomic E-state index is -0.301. The number of para-hydroxylation sites is 2. The Hall–Kier alpha value is -3.69. The van der Waals surface area contributed by atoms with Crippen LogP contribution in [-0.4, -0.2) is 9.55 Å². The normalized spacial score (nSPS) is 12.3. The van der Waals surface area contributed by atoms with E-state index in [1.165, 1.54) is 55.6 Å². The van der Waals surface area contributed by atoms with E-state index in [0.29, 0.717) is 6.61 Å². The van der Waals surface area contributed by atoms with Crippen molar-refractivity contribution < 1.29 is 4.74 Å². The molecule has 1 aromatic heterocycles. The van der Waals surface area contributed by atoms with Crippen LogP contribution in [0.4, 0.5) is 0 Å². The number of rotatable bonds is 7. The summed E-state index contributed by atoms with van der Waals surface area (Å²) in [6, 6.07) is 23.6. The van der Waals surface area contributed by atoms with E-state index in [0.717, 1.165) is 29.0 Å². The second kappa shape index (κ2) is 10.8. The predicted molar refractivity (Wildman–Crippen MR) is 163 cm³/mol. The first-order valence-corrected chi connectivity index (χ1v) is 13.9. The highest BCUT2D eigenvalue weighted by Gasteiger charge is 2.25. The van der Waals surface area contributed by atoms with Gasteiger partial charge in [0, 0.05) is 6.54 Å². The number of hydrogen-bond donors (Lipinski definition) is 0. The van der Waals surface area contributed by atoms with Crippen LogP contribution in [0.15, 0.2) is 66.7 Å². The third-order valence-electron chi connectivity index (χ3n) is 8.77. The summed E-state index contributed by atoms with van der Waals surface area (Å²) in [6.45, 7) is 19.0. The number of aryl methyl sites for hydroxylation is 4. The van der Waals surface area contributed by atoms with E-state index < -0.39 is 0 Å². The Labute approximate surface area is 233 Å². The van der Waals surface area contributed by atoms with Crippen molar-refractivity contribution in [2.45, 2.75) is 74.6 Å². The maximum atomic E-state index is 6.90. The van der Waals surface area contributed by atoms with Gasteiger partial charge in [-0.15, -0.1) is 0 Å². The maximum Gasteiger partial charge on any atom is 0.144 e. The summed E-state index contributed by atoms with van der Waals surface area (Å²) in [5, 5.41) is 0. The molecule has 0 amide bonds. The molecule has 1 unspecified atom stereocenters. The fourth-order valence-electron chi connectivity index (χ4n) is 5.78. The van der Waals surface area contributed by atoms with Crippen LogP contribution < -0.4 is 0 Å². The summed E-state index contributed by atoms with van der Waals surface area (Å²) in [6.07, 6.45) is -0.301. The van der Waals surface area contributed by atoms with Gasteiger partial charge in [-0.3, -0.25) is 0 Å². The second-order valence-corrected chi connectivity index (χ2v) is 11.1. The minimum Gasteiger partial charge on any atom is -0.361 e. The molecule has 1 atom stereocenters. The van der Waals surface area contributed by atoms with Gasteiger partial charge < -0.3 is 9.30 Å². The molecule has 0 aliphatic carbocycles. The molecule has 0 N–H and O–H groups in total. The van der Waals surface area contributed by atoms with E-state index in [1.807, 2.05) is 0 Å². The molecule has 0 radical (unpaired) electrons. The second-order valence-electron chi connectivity index (χ2n) is 11.1. The van der Waals surface area contributed by atoms with Crippen LogP contribution >= 0.6 is 0 Å². The molecule has 0 fully saturated rings. The van der Waals surface area contributed by atoms with E-state index >= 15 is 0 Å². The van der Waals surface area contributed by atoms with Gasteiger partial charge in [0.1, 0.15) is 11.9 Å². The first-order chi connectivity index (χ1) is 18.7. The highest BCUT2D eigenvalue weighted by molar-refractivity contribution is 5.76. The van der Waals surface area contributed by atoms with E-state index in [1.54, 1.807) is 0 Å². The van der Waals surface area contributed by atoms with Crippen molar-refractivity contribution in [3.63, 3.8) is 0 Å². The molecule has 0 saturated carbocycles. The summed E-state index contributed by atoms with van der Waals surface area (Å²) in [5.41, 5.74) is 16.5. The predicted octanol–water partition coefficient (Wildman–Crippen LogP) is 8.86. The average Bonchev–Trinajstić information content (AvgIpc) is 3.29. The standard InChI is InChI=1S/C36H40N2O/c1-22-18-23(2)27(6)31(26(22)5)20-38-34-17-13-12-16-33(34)37-36(38)35(30-14-10-9-11-15-30)39-21-32-28(7)24(3)19-25(4)29(32)8/h9-19,35H,20-21H2,1-8H3. The first-order valence-electron chi connectivity index (χ1n) is 13.9. The molecule has 0 aliphatic rings. The first kappa shape index (κ1) is 26.9. The van der Waals surface area contributed by atoms with Gasteiger partial charge in [-0.2, -0.15) is 0 Å². The zero-order valence-electron chi connectivity index (χ0n) is 24.6. The number of fused-ring (bicyclic) bond motifs is 1. The van der Waals surface area contributed by atoms with Crippen molar-refractivity contribution in [3.8, 4) is 0 Å². The van der Waals surface area contributed by atoms with E-state index in [2.05, 4.69) is 127 Å². The van der Waals surface area contributed by atoms with Crippen LogP contribution in [0.1, 0.15) is 73.1 Å². The van der Waals surface area contributed by atoms with Gasteiger partial charge in [-0.1, -0.05) is 54.6 Å². The van der Waals surface area contributed by atoms with Crippen LogP contribution in [-0.2, 0) is 17.9 Å². The molecule has 5 aromatic rings. The monoisotopic (exact) mass is 516 g/mol. The minimum absolute atomic E-state index is 0.301. The molecule has 0 spiro atoms. The SMILES string of the molecule is Cc1cc(C)c(C)c(COC(c2ccccc2)c2nc3ccccc3n2Cc2c(C)c(C)cc(C)c2C)c1C. The van der Waals surface area contributed by atoms with Gasteiger partial charge in [0.25, 0.3) is 0 Å². The Bertz CT molecular complexity index is 1610. The molecule has 0 bridgehead atoms. The summed E-state index contributed by atoms with van der Waals surface area (Å²) in [7, 11) is 0. The van der Waals surface area contributed by atoms with Gasteiger partial charge in [0.05, 0.1) is 17.6 Å². The van der Waals surface area contributed by atoms with Crippen LogP contribution in [0.3, 0.4) is 0 Å². The topological polar surface area (TPSA) is 27.1 Å². The Balaban J connectivity index is 1.66. The molecular formula is C36H40N2O. The average molecular weight is 517 g/mol. The Morgan fingerprint density at radius 2 is 1.15 bits per heavy atom. The van der Waals surface area contributed by atoms with Crippen molar-refractivity contribution >= 4 is 11.0 Å². The zero-order valence-corrected chi connectivity index (χ0v) is 24.6. The summed E-state index contributed by atoms with van der Waals surface area (Å²) in [4.78, 5) is 5.22. The third kappa shape index (κ3) is 5.04. The van der Waals surface area contributed by atoms with Crippen molar-refractivity contribution in [1.82, 2.24) is 9.55 Å². The van der Waals surface area contributed by atoms with Gasteiger partial charge in [-0.05, 0) is 129 Å². The summed E-state index contributed by atoms with van der Waals surface area (Å²) < 4.78 is 9.28. The van der Waals surface area contributed by atoms with Gasteiger partial charge in [0.15, 0.2) is 0 Å². The molecule has 1 heterocycles. The zero-order chi connectivity index (χ0) is 27.8. The van der Waals surface area contributed by atoms with Crippen LogP contribution in [0.2, 0.25) is 0 Å². The van der Waals surface area contributed by atoms with E-state index in [9.17, 15) is 0 Å². The number of imidazole rings is 1. The van der Waals surface area contributed by atoms with Crippen LogP contribution in [0.25, 0.3) is 11.0 Å². The van der Waals surface area contributed by atoms with Crippen LogP contribution in [0.5, 0.6) is 0 Å². The summed E-state index contributed by atoms with van der Waals surface area (Å²) >= 11 is 0. The van der Waals surface area contributed by atoms with Crippen molar-refractivity contribution in [2.75, 3.05) is 0 Å². The van der Waals surface area contributed by atoms with Gasteiger partial charge in [0.2, 0.25) is 0 Å². The maximum absolute atomic E-state index is 6.90. The lowest BCUT2D eigenvalue weighted by molar-refractivity contribution is 0.0586. The van der Waals surface area contributed by atoms with Crippen LogP contribution in [0, 0.1) is 55.4 Å². The fourth-order valence-corrected chi connectivity index (χ4v) is 5.78. The number of ether oxygens (including phenoxy) is 1. The van der Waals surface area contributed by atoms with Crippen molar-refractivity contribution in [2.24, 2.45) is 0 Å². The van der Waals surface area contributed by atoms with E-state index in [4.69, 9.17) is 9.72 Å². The number of hydrogen-bond acceptors (Lipinski definition) is 2. The number of nitrogens with zero attached hydrogens (tertiary/aromatic N) is 2. The quantitative estimate of drug-likeness (QED) is 0.216. The molecule has 39 heavy (non-hydrogen) atoms. The molecule has 5 rings (SSSR count). The smallest absolute Gasteiger partial charge is 0.144 e. The van der Waals surface area contributed by atoms with Crippen molar-refractivity contribution in [1.29, 1.82) is 0 Å². The van der Waals surface area contributed by atoms with Gasteiger partial charge >= 0.3 is 0 Å². The lowest BCUT2D eigenvalue weighted by Gasteiger charge is -2.23. The number of aromatic nitrogens is 2. The lowest BCUT2D eigenvalue weighted by atomic mass is 9.94.